The standard InChI is InChI=1S/C12H19ClN4O2/c1-12(2,3)19-11(18)15-6-4-5-14-10-7-9(13)16-8-17-10/h7-8H,4-6H2,1-3H3,(H,15,18)(H,14,16,17). The second-order valence-corrected chi connectivity index (χ2v) is 5.32. The molecule has 106 valence electrons. The zero-order valence-electron chi connectivity index (χ0n) is 11.4. The molecule has 0 atom stereocenters. The molecule has 0 unspecified atom stereocenters. The van der Waals surface area contributed by atoms with Crippen molar-refractivity contribution in [2.75, 3.05) is 18.4 Å². The lowest BCUT2D eigenvalue weighted by atomic mass is 10.2. The number of hydrogen-bond acceptors (Lipinski definition) is 5. The third-order valence-corrected chi connectivity index (χ3v) is 2.17. The van der Waals surface area contributed by atoms with Crippen LogP contribution in [0, 0.1) is 0 Å². The lowest BCUT2D eigenvalue weighted by Crippen LogP contribution is -2.33. The van der Waals surface area contributed by atoms with Gasteiger partial charge in [-0.05, 0) is 27.2 Å². The minimum absolute atomic E-state index is 0.393. The second kappa shape index (κ2) is 7.13. The van der Waals surface area contributed by atoms with Gasteiger partial charge in [0.2, 0.25) is 0 Å². The molecule has 2 N–H and O–H groups in total. The van der Waals surface area contributed by atoms with Crippen molar-refractivity contribution in [3.05, 3.63) is 17.5 Å². The van der Waals surface area contributed by atoms with Crippen molar-refractivity contribution >= 4 is 23.5 Å². The Kier molecular flexibility index (Phi) is 5.82. The highest BCUT2D eigenvalue weighted by Crippen LogP contribution is 2.08. The summed E-state index contributed by atoms with van der Waals surface area (Å²) in [5.74, 6) is 0.664. The van der Waals surface area contributed by atoms with Crippen LogP contribution in [0.15, 0.2) is 12.4 Å². The van der Waals surface area contributed by atoms with E-state index in [-0.39, 0.29) is 0 Å². The minimum atomic E-state index is -0.472. The van der Waals surface area contributed by atoms with E-state index in [9.17, 15) is 4.79 Å². The predicted octanol–water partition coefficient (Wildman–Crippen LogP) is 2.46. The van der Waals surface area contributed by atoms with E-state index in [0.29, 0.717) is 24.1 Å². The van der Waals surface area contributed by atoms with Gasteiger partial charge in [0.25, 0.3) is 0 Å². The van der Waals surface area contributed by atoms with Crippen LogP contribution in [-0.4, -0.2) is 34.8 Å². The molecule has 0 spiro atoms. The number of halogens is 1. The van der Waals surface area contributed by atoms with E-state index in [0.717, 1.165) is 6.42 Å². The Labute approximate surface area is 117 Å². The number of ether oxygens (including phenoxy) is 1. The summed E-state index contributed by atoms with van der Waals surface area (Å²) in [4.78, 5) is 19.1. The molecule has 0 saturated heterocycles. The van der Waals surface area contributed by atoms with E-state index in [4.69, 9.17) is 16.3 Å². The molecule has 1 aromatic rings. The van der Waals surface area contributed by atoms with Crippen LogP contribution in [0.2, 0.25) is 5.15 Å². The fraction of sp³-hybridized carbons (Fsp3) is 0.583. The molecular weight excluding hydrogens is 268 g/mol. The number of amides is 1. The van der Waals surface area contributed by atoms with Crippen molar-refractivity contribution in [3.8, 4) is 0 Å². The first-order valence-electron chi connectivity index (χ1n) is 6.05. The zero-order chi connectivity index (χ0) is 14.3. The first kappa shape index (κ1) is 15.5. The van der Waals surface area contributed by atoms with Gasteiger partial charge in [-0.25, -0.2) is 14.8 Å². The molecule has 19 heavy (non-hydrogen) atoms. The average molecular weight is 287 g/mol. The van der Waals surface area contributed by atoms with Gasteiger partial charge in [0.1, 0.15) is 22.9 Å². The third-order valence-electron chi connectivity index (χ3n) is 1.96. The molecule has 0 aromatic carbocycles. The summed E-state index contributed by atoms with van der Waals surface area (Å²) >= 11 is 5.72. The Morgan fingerprint density at radius 1 is 1.37 bits per heavy atom. The highest BCUT2D eigenvalue weighted by molar-refractivity contribution is 6.29. The van der Waals surface area contributed by atoms with Gasteiger partial charge in [0, 0.05) is 19.2 Å². The van der Waals surface area contributed by atoms with Crippen molar-refractivity contribution in [1.82, 2.24) is 15.3 Å². The highest BCUT2D eigenvalue weighted by atomic mass is 35.5. The first-order valence-corrected chi connectivity index (χ1v) is 6.43. The fourth-order valence-electron chi connectivity index (χ4n) is 1.24. The Bertz CT molecular complexity index is 420. The van der Waals surface area contributed by atoms with Crippen molar-refractivity contribution in [1.29, 1.82) is 0 Å². The normalized spacial score (nSPS) is 10.9. The van der Waals surface area contributed by atoms with Crippen LogP contribution >= 0.6 is 11.6 Å². The predicted molar refractivity (Wildman–Crippen MR) is 74.4 cm³/mol. The summed E-state index contributed by atoms with van der Waals surface area (Å²) < 4.78 is 5.11. The number of rotatable bonds is 5. The van der Waals surface area contributed by atoms with Crippen LogP contribution in [0.4, 0.5) is 10.6 Å². The number of nitrogens with zero attached hydrogens (tertiary/aromatic N) is 2. The van der Waals surface area contributed by atoms with Crippen LogP contribution in [0.1, 0.15) is 27.2 Å². The SMILES string of the molecule is CC(C)(C)OC(=O)NCCCNc1cc(Cl)ncn1. The Balaban J connectivity index is 2.13. The van der Waals surface area contributed by atoms with Gasteiger partial charge in [-0.3, -0.25) is 0 Å². The molecule has 0 bridgehead atoms. The molecule has 6 nitrogen and oxygen atoms in total. The molecule has 0 fully saturated rings. The molecule has 0 radical (unpaired) electrons. The minimum Gasteiger partial charge on any atom is -0.444 e. The van der Waals surface area contributed by atoms with E-state index >= 15 is 0 Å². The molecular formula is C12H19ClN4O2. The van der Waals surface area contributed by atoms with Gasteiger partial charge in [0.15, 0.2) is 0 Å². The molecule has 0 aliphatic rings. The van der Waals surface area contributed by atoms with Crippen LogP contribution in [0.5, 0.6) is 0 Å². The van der Waals surface area contributed by atoms with Gasteiger partial charge >= 0.3 is 6.09 Å². The van der Waals surface area contributed by atoms with Gasteiger partial charge in [-0.1, -0.05) is 11.6 Å². The van der Waals surface area contributed by atoms with E-state index in [1.165, 1.54) is 6.33 Å². The van der Waals surface area contributed by atoms with E-state index in [1.807, 2.05) is 20.8 Å². The summed E-state index contributed by atoms with van der Waals surface area (Å²) in [6.07, 6.45) is 1.74. The third kappa shape index (κ3) is 7.46. The first-order chi connectivity index (χ1) is 8.87. The van der Waals surface area contributed by atoms with E-state index in [2.05, 4.69) is 20.6 Å². The lowest BCUT2D eigenvalue weighted by Gasteiger charge is -2.19. The maximum Gasteiger partial charge on any atom is 0.407 e. The number of aromatic nitrogens is 2. The van der Waals surface area contributed by atoms with Gasteiger partial charge in [-0.2, -0.15) is 0 Å². The molecule has 1 heterocycles. The number of carbonyl (C=O) groups is 1. The molecule has 0 aliphatic heterocycles. The van der Waals surface area contributed by atoms with E-state index < -0.39 is 11.7 Å². The van der Waals surface area contributed by atoms with Crippen LogP contribution in [-0.2, 0) is 4.74 Å². The number of hydrogen-bond donors (Lipinski definition) is 2. The van der Waals surface area contributed by atoms with Gasteiger partial charge in [0.05, 0.1) is 0 Å². The number of carbonyl (C=O) groups excluding carboxylic acids is 1. The topological polar surface area (TPSA) is 76.1 Å². The van der Waals surface area contributed by atoms with Crippen molar-refractivity contribution in [3.63, 3.8) is 0 Å². The second-order valence-electron chi connectivity index (χ2n) is 4.93. The maximum atomic E-state index is 11.3. The van der Waals surface area contributed by atoms with Gasteiger partial charge in [-0.15, -0.1) is 0 Å². The highest BCUT2D eigenvalue weighted by Gasteiger charge is 2.15. The largest absolute Gasteiger partial charge is 0.444 e. The van der Waals surface area contributed by atoms with Crippen molar-refractivity contribution in [2.24, 2.45) is 0 Å². The molecule has 1 aromatic heterocycles. The quantitative estimate of drug-likeness (QED) is 0.642. The Hall–Kier alpha value is -1.56. The maximum absolute atomic E-state index is 11.3. The molecule has 0 saturated carbocycles. The number of nitrogens with one attached hydrogen (secondary N) is 2. The summed E-state index contributed by atoms with van der Waals surface area (Å²) in [5, 5.41) is 6.15. The van der Waals surface area contributed by atoms with Crippen LogP contribution in [0.3, 0.4) is 0 Å². The molecule has 1 rings (SSSR count). The zero-order valence-corrected chi connectivity index (χ0v) is 12.1. The Morgan fingerprint density at radius 3 is 2.74 bits per heavy atom. The smallest absolute Gasteiger partial charge is 0.407 e. The van der Waals surface area contributed by atoms with Crippen molar-refractivity contribution in [2.45, 2.75) is 32.8 Å². The van der Waals surface area contributed by atoms with Gasteiger partial charge < -0.3 is 15.4 Å². The monoisotopic (exact) mass is 286 g/mol. The summed E-state index contributed by atoms with van der Waals surface area (Å²) in [6.45, 7) is 6.68. The molecule has 7 heteroatoms. The molecule has 1 amide bonds. The Morgan fingerprint density at radius 2 is 2.11 bits per heavy atom. The van der Waals surface area contributed by atoms with Crippen molar-refractivity contribution < 1.29 is 9.53 Å². The average Bonchev–Trinajstić information content (AvgIpc) is 2.26. The van der Waals surface area contributed by atoms with E-state index in [1.54, 1.807) is 6.07 Å². The lowest BCUT2D eigenvalue weighted by molar-refractivity contribution is 0.0528. The summed E-state index contributed by atoms with van der Waals surface area (Å²) in [7, 11) is 0. The summed E-state index contributed by atoms with van der Waals surface area (Å²) in [6, 6.07) is 1.64. The number of alkyl carbamates (subject to hydrolysis) is 1. The fourth-order valence-corrected chi connectivity index (χ4v) is 1.39. The van der Waals surface area contributed by atoms with Crippen LogP contribution in [0.25, 0.3) is 0 Å². The molecule has 0 aliphatic carbocycles. The number of anilines is 1. The summed E-state index contributed by atoms with van der Waals surface area (Å²) in [5.41, 5.74) is -0.472. The van der Waals surface area contributed by atoms with Crippen LogP contribution < -0.4 is 10.6 Å².